The van der Waals surface area contributed by atoms with Gasteiger partial charge in [-0.05, 0) is 17.7 Å². The maximum atomic E-state index is 11.1. The molecule has 18 heavy (non-hydrogen) atoms. The third-order valence-corrected chi connectivity index (χ3v) is 3.15. The smallest absolute Gasteiger partial charge is 0.248 e. The molecule has 0 saturated carbocycles. The van der Waals surface area contributed by atoms with Crippen LogP contribution in [0.15, 0.2) is 24.3 Å². The van der Waals surface area contributed by atoms with Gasteiger partial charge in [-0.15, -0.1) is 0 Å². The Hall–Kier alpha value is -1.95. The standard InChI is InChI=1S/C12H14N4OS/c1-2-10-15-12(18-16-10)14-7-8-4-3-5-9(6-8)11(13)17/h3-6H,2,7H2,1H3,(H2,13,17)(H,14,15,16). The lowest BCUT2D eigenvalue weighted by Crippen LogP contribution is -2.11. The number of hydrogen-bond donors (Lipinski definition) is 2. The maximum absolute atomic E-state index is 11.1. The molecule has 0 atom stereocenters. The number of hydrogen-bond acceptors (Lipinski definition) is 5. The zero-order chi connectivity index (χ0) is 13.0. The molecule has 1 aromatic heterocycles. The zero-order valence-electron chi connectivity index (χ0n) is 10.0. The molecule has 0 fully saturated rings. The van der Waals surface area contributed by atoms with Gasteiger partial charge >= 0.3 is 0 Å². The van der Waals surface area contributed by atoms with Crippen LogP contribution in [0.25, 0.3) is 0 Å². The molecule has 1 aromatic carbocycles. The molecule has 0 aliphatic rings. The number of nitrogens with zero attached hydrogens (tertiary/aromatic N) is 2. The maximum Gasteiger partial charge on any atom is 0.248 e. The largest absolute Gasteiger partial charge is 0.366 e. The summed E-state index contributed by atoms with van der Waals surface area (Å²) in [4.78, 5) is 15.4. The van der Waals surface area contributed by atoms with Gasteiger partial charge in [0.25, 0.3) is 0 Å². The fourth-order valence-corrected chi connectivity index (χ4v) is 2.13. The summed E-state index contributed by atoms with van der Waals surface area (Å²) in [7, 11) is 0. The summed E-state index contributed by atoms with van der Waals surface area (Å²) in [6, 6.07) is 7.22. The lowest BCUT2D eigenvalue weighted by atomic mass is 10.1. The number of nitrogens with two attached hydrogens (primary N) is 1. The molecule has 5 nitrogen and oxygen atoms in total. The fourth-order valence-electron chi connectivity index (χ4n) is 1.48. The lowest BCUT2D eigenvalue weighted by Gasteiger charge is -2.03. The summed E-state index contributed by atoms with van der Waals surface area (Å²) in [6.45, 7) is 2.61. The number of carbonyl (C=O) groups is 1. The highest BCUT2D eigenvalue weighted by Gasteiger charge is 2.03. The molecular formula is C12H14N4OS. The monoisotopic (exact) mass is 262 g/mol. The Morgan fingerprint density at radius 3 is 3.00 bits per heavy atom. The first-order valence-corrected chi connectivity index (χ1v) is 6.41. The van der Waals surface area contributed by atoms with Crippen LogP contribution in [0.2, 0.25) is 0 Å². The molecule has 3 N–H and O–H groups in total. The average Bonchev–Trinajstić information content (AvgIpc) is 2.84. The Labute approximate surface area is 109 Å². The second-order valence-electron chi connectivity index (χ2n) is 3.79. The molecule has 2 rings (SSSR count). The van der Waals surface area contributed by atoms with Crippen molar-refractivity contribution in [1.82, 2.24) is 9.36 Å². The van der Waals surface area contributed by atoms with Crippen LogP contribution >= 0.6 is 11.5 Å². The highest BCUT2D eigenvalue weighted by molar-refractivity contribution is 7.09. The summed E-state index contributed by atoms with van der Waals surface area (Å²) in [6.07, 6.45) is 0.829. The van der Waals surface area contributed by atoms with Gasteiger partial charge in [0.05, 0.1) is 0 Å². The Morgan fingerprint density at radius 2 is 2.33 bits per heavy atom. The molecule has 0 unspecified atom stereocenters. The first kappa shape index (κ1) is 12.5. The summed E-state index contributed by atoms with van der Waals surface area (Å²) < 4.78 is 4.19. The highest BCUT2D eigenvalue weighted by atomic mass is 32.1. The van der Waals surface area contributed by atoms with Crippen molar-refractivity contribution >= 4 is 22.6 Å². The average molecular weight is 262 g/mol. The highest BCUT2D eigenvalue weighted by Crippen LogP contribution is 2.13. The lowest BCUT2D eigenvalue weighted by molar-refractivity contribution is 0.1000. The first-order valence-electron chi connectivity index (χ1n) is 5.64. The summed E-state index contributed by atoms with van der Waals surface area (Å²) in [5.41, 5.74) is 6.73. The Morgan fingerprint density at radius 1 is 1.50 bits per heavy atom. The van der Waals surface area contributed by atoms with Gasteiger partial charge in [-0.25, -0.2) is 4.98 Å². The molecule has 6 heteroatoms. The van der Waals surface area contributed by atoms with Crippen LogP contribution in [0.1, 0.15) is 28.7 Å². The first-order chi connectivity index (χ1) is 8.69. The summed E-state index contributed by atoms with van der Waals surface area (Å²) >= 11 is 1.34. The molecule has 1 heterocycles. The predicted molar refractivity (Wildman–Crippen MR) is 71.6 cm³/mol. The number of carbonyl (C=O) groups excluding carboxylic acids is 1. The molecule has 0 spiro atoms. The second kappa shape index (κ2) is 5.59. The second-order valence-corrected chi connectivity index (χ2v) is 4.54. The Balaban J connectivity index is 2.01. The number of primary amides is 1. The summed E-state index contributed by atoms with van der Waals surface area (Å²) in [5.74, 6) is 0.425. The molecule has 0 bridgehead atoms. The van der Waals surface area contributed by atoms with Gasteiger partial charge in [0.2, 0.25) is 11.0 Å². The minimum Gasteiger partial charge on any atom is -0.366 e. The quantitative estimate of drug-likeness (QED) is 0.861. The van der Waals surface area contributed by atoms with Crippen molar-refractivity contribution in [2.75, 3.05) is 5.32 Å². The zero-order valence-corrected chi connectivity index (χ0v) is 10.8. The molecule has 0 saturated heterocycles. The van der Waals surface area contributed by atoms with Crippen molar-refractivity contribution in [3.63, 3.8) is 0 Å². The Kier molecular flexibility index (Phi) is 3.88. The number of anilines is 1. The van der Waals surface area contributed by atoms with Gasteiger partial charge in [-0.2, -0.15) is 4.37 Å². The van der Waals surface area contributed by atoms with E-state index >= 15 is 0 Å². The van der Waals surface area contributed by atoms with E-state index in [0.29, 0.717) is 12.1 Å². The van der Waals surface area contributed by atoms with E-state index in [0.717, 1.165) is 22.9 Å². The van der Waals surface area contributed by atoms with Crippen LogP contribution in [-0.2, 0) is 13.0 Å². The molecule has 0 radical (unpaired) electrons. The van der Waals surface area contributed by atoms with E-state index in [2.05, 4.69) is 14.7 Å². The van der Waals surface area contributed by atoms with E-state index in [-0.39, 0.29) is 0 Å². The summed E-state index contributed by atoms with van der Waals surface area (Å²) in [5, 5.41) is 3.96. The van der Waals surface area contributed by atoms with Gasteiger partial charge in [-0.3, -0.25) is 4.79 Å². The third kappa shape index (κ3) is 3.04. The SMILES string of the molecule is CCc1nsc(NCc2cccc(C(N)=O)c2)n1. The van der Waals surface area contributed by atoms with Crippen molar-refractivity contribution < 1.29 is 4.79 Å². The van der Waals surface area contributed by atoms with Crippen molar-refractivity contribution in [2.24, 2.45) is 5.73 Å². The minimum atomic E-state index is -0.416. The van der Waals surface area contributed by atoms with Crippen LogP contribution in [0.3, 0.4) is 0 Å². The molecule has 0 aliphatic heterocycles. The number of aryl methyl sites for hydroxylation is 1. The van der Waals surface area contributed by atoms with Gasteiger partial charge in [0, 0.05) is 30.1 Å². The third-order valence-electron chi connectivity index (χ3n) is 2.44. The van der Waals surface area contributed by atoms with Crippen LogP contribution < -0.4 is 11.1 Å². The van der Waals surface area contributed by atoms with E-state index in [4.69, 9.17) is 5.73 Å². The van der Waals surface area contributed by atoms with E-state index < -0.39 is 5.91 Å². The minimum absolute atomic E-state index is 0.416. The fraction of sp³-hybridized carbons (Fsp3) is 0.250. The van der Waals surface area contributed by atoms with Crippen LogP contribution in [-0.4, -0.2) is 15.3 Å². The van der Waals surface area contributed by atoms with Crippen LogP contribution in [0.5, 0.6) is 0 Å². The number of aromatic nitrogens is 2. The molecule has 94 valence electrons. The van der Waals surface area contributed by atoms with E-state index in [1.165, 1.54) is 11.5 Å². The van der Waals surface area contributed by atoms with Crippen molar-refractivity contribution in [3.05, 3.63) is 41.2 Å². The van der Waals surface area contributed by atoms with Crippen molar-refractivity contribution in [3.8, 4) is 0 Å². The number of benzene rings is 1. The number of amides is 1. The molecule has 0 aliphatic carbocycles. The van der Waals surface area contributed by atoms with E-state index in [1.54, 1.807) is 12.1 Å². The van der Waals surface area contributed by atoms with Gasteiger partial charge < -0.3 is 11.1 Å². The molecule has 1 amide bonds. The van der Waals surface area contributed by atoms with E-state index in [9.17, 15) is 4.79 Å². The molecule has 2 aromatic rings. The Bertz CT molecular complexity index is 553. The van der Waals surface area contributed by atoms with Crippen LogP contribution in [0.4, 0.5) is 5.13 Å². The van der Waals surface area contributed by atoms with Crippen molar-refractivity contribution in [1.29, 1.82) is 0 Å². The van der Waals surface area contributed by atoms with Crippen molar-refractivity contribution in [2.45, 2.75) is 19.9 Å². The molecular weight excluding hydrogens is 248 g/mol. The topological polar surface area (TPSA) is 80.9 Å². The van der Waals surface area contributed by atoms with Gasteiger partial charge in [0.1, 0.15) is 5.82 Å². The number of nitrogens with one attached hydrogen (secondary N) is 1. The number of rotatable bonds is 5. The van der Waals surface area contributed by atoms with E-state index in [1.807, 2.05) is 19.1 Å². The predicted octanol–water partition coefficient (Wildman–Crippen LogP) is 1.81. The van der Waals surface area contributed by atoms with Gasteiger partial charge in [-0.1, -0.05) is 19.1 Å². The van der Waals surface area contributed by atoms with Crippen LogP contribution in [0, 0.1) is 0 Å². The normalized spacial score (nSPS) is 10.3. The van der Waals surface area contributed by atoms with Gasteiger partial charge in [0.15, 0.2) is 0 Å².